The summed E-state index contributed by atoms with van der Waals surface area (Å²) in [7, 11) is 0. The van der Waals surface area contributed by atoms with E-state index >= 15 is 0 Å². The van der Waals surface area contributed by atoms with Crippen LogP contribution in [0.3, 0.4) is 0 Å². The number of carbonyl (C=O) groups is 1. The predicted octanol–water partition coefficient (Wildman–Crippen LogP) is 3.88. The van der Waals surface area contributed by atoms with E-state index in [0.29, 0.717) is 4.47 Å². The maximum absolute atomic E-state index is 13.6. The predicted molar refractivity (Wildman–Crippen MR) is 85.6 cm³/mol. The van der Waals surface area contributed by atoms with Crippen LogP contribution in [0.1, 0.15) is 18.5 Å². The Morgan fingerprint density at radius 1 is 1.24 bits per heavy atom. The van der Waals surface area contributed by atoms with Crippen LogP contribution >= 0.6 is 15.9 Å². The minimum absolute atomic E-state index is 0.0479. The number of benzene rings is 2. The molecule has 0 aliphatic heterocycles. The molecule has 0 saturated heterocycles. The number of hydrogen-bond donors (Lipinski definition) is 2. The fourth-order valence-corrected chi connectivity index (χ4v) is 2.22. The van der Waals surface area contributed by atoms with E-state index in [1.54, 1.807) is 6.07 Å². The van der Waals surface area contributed by atoms with Crippen LogP contribution in [0, 0.1) is 5.82 Å². The first kappa shape index (κ1) is 15.7. The van der Waals surface area contributed by atoms with Crippen LogP contribution in [0.25, 0.3) is 0 Å². The van der Waals surface area contributed by atoms with E-state index < -0.39 is 5.82 Å². The highest BCUT2D eigenvalue weighted by molar-refractivity contribution is 9.10. The van der Waals surface area contributed by atoms with Crippen LogP contribution in [0.2, 0.25) is 0 Å². The van der Waals surface area contributed by atoms with E-state index in [1.165, 1.54) is 12.1 Å². The van der Waals surface area contributed by atoms with Gasteiger partial charge in [-0.25, -0.2) is 4.39 Å². The first-order chi connectivity index (χ1) is 10.1. The van der Waals surface area contributed by atoms with Gasteiger partial charge in [-0.3, -0.25) is 4.79 Å². The van der Waals surface area contributed by atoms with Crippen molar-refractivity contribution >= 4 is 27.5 Å². The normalized spacial score (nSPS) is 12.0. The molecule has 110 valence electrons. The van der Waals surface area contributed by atoms with Gasteiger partial charge in [0.2, 0.25) is 5.91 Å². The average Bonchev–Trinajstić information content (AvgIpc) is 2.48. The van der Waals surface area contributed by atoms with E-state index in [1.807, 2.05) is 37.3 Å². The van der Waals surface area contributed by atoms with Gasteiger partial charge in [0, 0.05) is 10.5 Å². The lowest BCUT2D eigenvalue weighted by Gasteiger charge is -2.14. The Hall–Kier alpha value is -1.72. The molecule has 21 heavy (non-hydrogen) atoms. The van der Waals surface area contributed by atoms with Gasteiger partial charge in [-0.1, -0.05) is 46.3 Å². The van der Waals surface area contributed by atoms with Crippen LogP contribution in [0.15, 0.2) is 53.0 Å². The number of carbonyl (C=O) groups excluding carboxylic acids is 1. The summed E-state index contributed by atoms with van der Waals surface area (Å²) in [5, 5.41) is 5.65. The largest absolute Gasteiger partial charge is 0.322 e. The fourth-order valence-electron chi connectivity index (χ4n) is 1.89. The van der Waals surface area contributed by atoms with Gasteiger partial charge in [-0.05, 0) is 30.7 Å². The van der Waals surface area contributed by atoms with Gasteiger partial charge in [0.15, 0.2) is 0 Å². The van der Waals surface area contributed by atoms with Crippen molar-refractivity contribution in [2.45, 2.75) is 13.0 Å². The number of amides is 1. The molecule has 2 rings (SSSR count). The Balaban J connectivity index is 1.87. The number of hydrogen-bond acceptors (Lipinski definition) is 2. The number of halogens is 2. The second kappa shape index (κ2) is 7.33. The van der Waals surface area contributed by atoms with Gasteiger partial charge in [0.1, 0.15) is 5.82 Å². The molecule has 0 aromatic heterocycles. The zero-order chi connectivity index (χ0) is 15.2. The zero-order valence-electron chi connectivity index (χ0n) is 11.6. The molecule has 0 heterocycles. The standard InChI is InChI=1S/C16H16BrFN2O/c1-11(12-5-3-2-4-6-12)19-10-16(21)20-15-8-7-13(17)9-14(15)18/h2-9,11,19H,10H2,1H3,(H,20,21)/t11-/m0/s1. The molecule has 0 bridgehead atoms. The number of rotatable bonds is 5. The Labute approximate surface area is 131 Å². The Morgan fingerprint density at radius 2 is 1.95 bits per heavy atom. The summed E-state index contributed by atoms with van der Waals surface area (Å²) in [6, 6.07) is 14.4. The molecule has 0 aliphatic carbocycles. The first-order valence-corrected chi connectivity index (χ1v) is 7.39. The summed E-state index contributed by atoms with van der Waals surface area (Å²) in [5.74, 6) is -0.743. The lowest BCUT2D eigenvalue weighted by atomic mass is 10.1. The SMILES string of the molecule is C[C@H](NCC(=O)Nc1ccc(Br)cc1F)c1ccccc1. The van der Waals surface area contributed by atoms with E-state index in [4.69, 9.17) is 0 Å². The lowest BCUT2D eigenvalue weighted by Crippen LogP contribution is -2.30. The molecule has 0 saturated carbocycles. The topological polar surface area (TPSA) is 41.1 Å². The molecule has 0 fully saturated rings. The third kappa shape index (κ3) is 4.65. The van der Waals surface area contributed by atoms with Crippen molar-refractivity contribution in [3.63, 3.8) is 0 Å². The van der Waals surface area contributed by atoms with E-state index in [-0.39, 0.29) is 24.2 Å². The van der Waals surface area contributed by atoms with Crippen LogP contribution < -0.4 is 10.6 Å². The molecule has 2 aromatic rings. The Bertz CT molecular complexity index is 619. The highest BCUT2D eigenvalue weighted by Crippen LogP contribution is 2.19. The number of anilines is 1. The van der Waals surface area contributed by atoms with Gasteiger partial charge in [0.25, 0.3) is 0 Å². The molecule has 2 aromatic carbocycles. The summed E-state index contributed by atoms with van der Waals surface area (Å²) < 4.78 is 14.2. The van der Waals surface area contributed by atoms with E-state index in [2.05, 4.69) is 26.6 Å². The maximum Gasteiger partial charge on any atom is 0.238 e. The number of nitrogens with one attached hydrogen (secondary N) is 2. The van der Waals surface area contributed by atoms with Crippen molar-refractivity contribution in [2.24, 2.45) is 0 Å². The highest BCUT2D eigenvalue weighted by Gasteiger charge is 2.09. The minimum atomic E-state index is -0.464. The van der Waals surface area contributed by atoms with Gasteiger partial charge in [-0.15, -0.1) is 0 Å². The average molecular weight is 351 g/mol. The monoisotopic (exact) mass is 350 g/mol. The Morgan fingerprint density at radius 3 is 2.62 bits per heavy atom. The van der Waals surface area contributed by atoms with Crippen LogP contribution in [-0.2, 0) is 4.79 Å². The lowest BCUT2D eigenvalue weighted by molar-refractivity contribution is -0.115. The molecule has 1 amide bonds. The van der Waals surface area contributed by atoms with Crippen LogP contribution in [0.5, 0.6) is 0 Å². The highest BCUT2D eigenvalue weighted by atomic mass is 79.9. The minimum Gasteiger partial charge on any atom is -0.322 e. The molecular weight excluding hydrogens is 335 g/mol. The Kier molecular flexibility index (Phi) is 5.47. The summed E-state index contributed by atoms with van der Waals surface area (Å²) in [4.78, 5) is 11.8. The van der Waals surface area contributed by atoms with Crippen molar-refractivity contribution in [1.82, 2.24) is 5.32 Å². The molecule has 1 atom stereocenters. The molecule has 0 unspecified atom stereocenters. The summed E-state index contributed by atoms with van der Waals surface area (Å²) in [5.41, 5.74) is 1.28. The molecule has 0 aliphatic rings. The molecule has 5 heteroatoms. The fraction of sp³-hybridized carbons (Fsp3) is 0.188. The van der Waals surface area contributed by atoms with E-state index in [0.717, 1.165) is 5.56 Å². The van der Waals surface area contributed by atoms with Crippen LogP contribution in [0.4, 0.5) is 10.1 Å². The first-order valence-electron chi connectivity index (χ1n) is 6.59. The second-order valence-corrected chi connectivity index (χ2v) is 5.60. The van der Waals surface area contributed by atoms with Gasteiger partial charge in [0.05, 0.1) is 12.2 Å². The summed E-state index contributed by atoms with van der Waals surface area (Å²) in [6.07, 6.45) is 0. The summed E-state index contributed by atoms with van der Waals surface area (Å²) >= 11 is 3.17. The van der Waals surface area contributed by atoms with Crippen LogP contribution in [-0.4, -0.2) is 12.5 Å². The molecule has 0 spiro atoms. The maximum atomic E-state index is 13.6. The molecule has 2 N–H and O–H groups in total. The zero-order valence-corrected chi connectivity index (χ0v) is 13.2. The van der Waals surface area contributed by atoms with Crippen molar-refractivity contribution in [3.8, 4) is 0 Å². The van der Waals surface area contributed by atoms with Crippen molar-refractivity contribution in [2.75, 3.05) is 11.9 Å². The van der Waals surface area contributed by atoms with Crippen molar-refractivity contribution in [1.29, 1.82) is 0 Å². The van der Waals surface area contributed by atoms with Gasteiger partial charge >= 0.3 is 0 Å². The second-order valence-electron chi connectivity index (χ2n) is 4.69. The molecule has 0 radical (unpaired) electrons. The van der Waals surface area contributed by atoms with Crippen molar-refractivity contribution < 1.29 is 9.18 Å². The third-order valence-electron chi connectivity index (χ3n) is 3.07. The van der Waals surface area contributed by atoms with E-state index in [9.17, 15) is 9.18 Å². The molecule has 3 nitrogen and oxygen atoms in total. The summed E-state index contributed by atoms with van der Waals surface area (Å²) in [6.45, 7) is 2.09. The van der Waals surface area contributed by atoms with Crippen molar-refractivity contribution in [3.05, 3.63) is 64.4 Å². The molecular formula is C16H16BrFN2O. The van der Waals surface area contributed by atoms with Gasteiger partial charge < -0.3 is 10.6 Å². The smallest absolute Gasteiger partial charge is 0.238 e. The van der Waals surface area contributed by atoms with Gasteiger partial charge in [-0.2, -0.15) is 0 Å². The quantitative estimate of drug-likeness (QED) is 0.859. The third-order valence-corrected chi connectivity index (χ3v) is 3.57.